The Hall–Kier alpha value is -2.96. The van der Waals surface area contributed by atoms with Gasteiger partial charge in [-0.25, -0.2) is 4.39 Å². The van der Waals surface area contributed by atoms with Gasteiger partial charge in [0.25, 0.3) is 0 Å². The average Bonchev–Trinajstić information content (AvgIpc) is 3.26. The SMILES string of the molecule is NC(=O)c1ccc(Oc2cccc3c(CNCCC4CCOC4)cccc23)c(F)c1. The Balaban J connectivity index is 1.49. The molecule has 0 aliphatic carbocycles. The number of primary amides is 1. The summed E-state index contributed by atoms with van der Waals surface area (Å²) in [5, 5.41) is 5.47. The highest BCUT2D eigenvalue weighted by Crippen LogP contribution is 2.33. The fraction of sp³-hybridized carbons (Fsp3) is 0.292. The minimum absolute atomic E-state index is 0.0508. The Kier molecular flexibility index (Phi) is 6.26. The van der Waals surface area contributed by atoms with Crippen LogP contribution in [-0.4, -0.2) is 25.7 Å². The van der Waals surface area contributed by atoms with Crippen LogP contribution < -0.4 is 15.8 Å². The van der Waals surface area contributed by atoms with Gasteiger partial charge in [-0.1, -0.05) is 30.3 Å². The van der Waals surface area contributed by atoms with Crippen molar-refractivity contribution in [3.8, 4) is 11.5 Å². The first-order valence-electron chi connectivity index (χ1n) is 10.2. The highest BCUT2D eigenvalue weighted by Gasteiger charge is 2.15. The minimum atomic E-state index is -0.678. The molecule has 1 saturated heterocycles. The molecule has 0 radical (unpaired) electrons. The number of ether oxygens (including phenoxy) is 2. The summed E-state index contributed by atoms with van der Waals surface area (Å²) in [4.78, 5) is 11.2. The van der Waals surface area contributed by atoms with Crippen LogP contribution in [0.25, 0.3) is 10.8 Å². The molecule has 4 rings (SSSR count). The van der Waals surface area contributed by atoms with Gasteiger partial charge in [-0.15, -0.1) is 0 Å². The van der Waals surface area contributed by atoms with Crippen molar-refractivity contribution in [1.29, 1.82) is 0 Å². The predicted octanol–water partition coefficient (Wildman–Crippen LogP) is 4.39. The van der Waals surface area contributed by atoms with Gasteiger partial charge in [-0.3, -0.25) is 4.79 Å². The molecule has 0 aromatic heterocycles. The molecule has 6 heteroatoms. The molecule has 1 aliphatic rings. The molecule has 156 valence electrons. The van der Waals surface area contributed by atoms with E-state index in [1.54, 1.807) is 6.07 Å². The van der Waals surface area contributed by atoms with Crippen molar-refractivity contribution in [2.24, 2.45) is 11.7 Å². The summed E-state index contributed by atoms with van der Waals surface area (Å²) in [5.41, 5.74) is 6.47. The normalized spacial score (nSPS) is 16.1. The minimum Gasteiger partial charge on any atom is -0.454 e. The van der Waals surface area contributed by atoms with E-state index in [0.717, 1.165) is 61.5 Å². The van der Waals surface area contributed by atoms with Crippen LogP contribution in [0.5, 0.6) is 11.5 Å². The number of halogens is 1. The van der Waals surface area contributed by atoms with Crippen LogP contribution in [0.2, 0.25) is 0 Å². The number of nitrogens with one attached hydrogen (secondary N) is 1. The van der Waals surface area contributed by atoms with E-state index >= 15 is 0 Å². The van der Waals surface area contributed by atoms with Crippen LogP contribution in [-0.2, 0) is 11.3 Å². The molecule has 5 nitrogen and oxygen atoms in total. The van der Waals surface area contributed by atoms with Gasteiger partial charge >= 0.3 is 0 Å². The quantitative estimate of drug-likeness (QED) is 0.543. The first-order chi connectivity index (χ1) is 14.6. The van der Waals surface area contributed by atoms with E-state index in [-0.39, 0.29) is 11.3 Å². The first-order valence-corrected chi connectivity index (χ1v) is 10.2. The third-order valence-corrected chi connectivity index (χ3v) is 5.48. The van der Waals surface area contributed by atoms with Crippen LogP contribution in [0, 0.1) is 11.7 Å². The molecular weight excluding hydrogens is 383 g/mol. The monoisotopic (exact) mass is 408 g/mol. The first kappa shape index (κ1) is 20.3. The summed E-state index contributed by atoms with van der Waals surface area (Å²) >= 11 is 0. The van der Waals surface area contributed by atoms with Crippen LogP contribution in [0.15, 0.2) is 54.6 Å². The Morgan fingerprint density at radius 2 is 1.97 bits per heavy atom. The molecule has 1 amide bonds. The van der Waals surface area contributed by atoms with E-state index in [4.69, 9.17) is 15.2 Å². The van der Waals surface area contributed by atoms with E-state index < -0.39 is 11.7 Å². The molecule has 1 heterocycles. The van der Waals surface area contributed by atoms with Crippen molar-refractivity contribution >= 4 is 16.7 Å². The lowest BCUT2D eigenvalue weighted by atomic mass is 10.0. The number of rotatable bonds is 8. The number of nitrogens with two attached hydrogens (primary N) is 1. The highest BCUT2D eigenvalue weighted by atomic mass is 19.1. The van der Waals surface area contributed by atoms with Crippen LogP contribution >= 0.6 is 0 Å². The largest absolute Gasteiger partial charge is 0.454 e. The van der Waals surface area contributed by atoms with Crippen molar-refractivity contribution < 1.29 is 18.7 Å². The molecule has 1 atom stereocenters. The molecule has 0 bridgehead atoms. The van der Waals surface area contributed by atoms with E-state index in [0.29, 0.717) is 11.7 Å². The predicted molar refractivity (Wildman–Crippen MR) is 114 cm³/mol. The zero-order chi connectivity index (χ0) is 20.9. The van der Waals surface area contributed by atoms with Gasteiger partial charge < -0.3 is 20.5 Å². The van der Waals surface area contributed by atoms with Crippen molar-refractivity contribution in [1.82, 2.24) is 5.32 Å². The van der Waals surface area contributed by atoms with Crippen LogP contribution in [0.1, 0.15) is 28.8 Å². The van der Waals surface area contributed by atoms with Gasteiger partial charge in [0.15, 0.2) is 11.6 Å². The lowest BCUT2D eigenvalue weighted by Crippen LogP contribution is -2.18. The number of fused-ring (bicyclic) bond motifs is 1. The van der Waals surface area contributed by atoms with E-state index in [1.807, 2.05) is 24.3 Å². The van der Waals surface area contributed by atoms with Gasteiger partial charge in [0, 0.05) is 30.7 Å². The second-order valence-electron chi connectivity index (χ2n) is 7.57. The Labute approximate surface area is 175 Å². The molecule has 30 heavy (non-hydrogen) atoms. The maximum absolute atomic E-state index is 14.4. The van der Waals surface area contributed by atoms with Gasteiger partial charge in [0.2, 0.25) is 5.91 Å². The van der Waals surface area contributed by atoms with Crippen LogP contribution in [0.3, 0.4) is 0 Å². The van der Waals surface area contributed by atoms with Crippen molar-refractivity contribution in [2.75, 3.05) is 19.8 Å². The van der Waals surface area contributed by atoms with E-state index in [1.165, 1.54) is 12.1 Å². The van der Waals surface area contributed by atoms with Crippen molar-refractivity contribution in [3.05, 3.63) is 71.5 Å². The topological polar surface area (TPSA) is 73.6 Å². The van der Waals surface area contributed by atoms with Crippen molar-refractivity contribution in [2.45, 2.75) is 19.4 Å². The van der Waals surface area contributed by atoms with Crippen molar-refractivity contribution in [3.63, 3.8) is 0 Å². The molecule has 0 spiro atoms. The third-order valence-electron chi connectivity index (χ3n) is 5.48. The number of amides is 1. The van der Waals surface area contributed by atoms with Crippen LogP contribution in [0.4, 0.5) is 4.39 Å². The fourth-order valence-corrected chi connectivity index (χ4v) is 3.78. The maximum Gasteiger partial charge on any atom is 0.248 e. The molecule has 1 unspecified atom stereocenters. The Morgan fingerprint density at radius 3 is 2.73 bits per heavy atom. The summed E-state index contributed by atoms with van der Waals surface area (Å²) in [6, 6.07) is 15.7. The average molecular weight is 408 g/mol. The van der Waals surface area contributed by atoms with E-state index in [2.05, 4.69) is 11.4 Å². The molecular formula is C24H25FN2O3. The molecule has 3 aromatic carbocycles. The zero-order valence-electron chi connectivity index (χ0n) is 16.7. The lowest BCUT2D eigenvalue weighted by molar-refractivity contribution is 0.1000. The maximum atomic E-state index is 14.4. The zero-order valence-corrected chi connectivity index (χ0v) is 16.7. The summed E-state index contributed by atoms with van der Waals surface area (Å²) in [7, 11) is 0. The number of hydrogen-bond acceptors (Lipinski definition) is 4. The smallest absolute Gasteiger partial charge is 0.248 e. The summed E-state index contributed by atoms with van der Waals surface area (Å²) in [6.45, 7) is 3.43. The fourth-order valence-electron chi connectivity index (χ4n) is 3.78. The third kappa shape index (κ3) is 4.61. The Morgan fingerprint density at radius 1 is 1.13 bits per heavy atom. The number of benzene rings is 3. The number of carbonyl (C=O) groups excluding carboxylic acids is 1. The summed E-state index contributed by atoms with van der Waals surface area (Å²) in [6.07, 6.45) is 2.26. The molecule has 1 aliphatic heterocycles. The number of carbonyl (C=O) groups is 1. The molecule has 0 saturated carbocycles. The Bertz CT molecular complexity index is 1050. The lowest BCUT2D eigenvalue weighted by Gasteiger charge is -2.13. The van der Waals surface area contributed by atoms with Gasteiger partial charge in [0.1, 0.15) is 5.75 Å². The second kappa shape index (κ2) is 9.24. The highest BCUT2D eigenvalue weighted by molar-refractivity contribution is 5.93. The van der Waals surface area contributed by atoms with E-state index in [9.17, 15) is 9.18 Å². The van der Waals surface area contributed by atoms with Gasteiger partial charge in [-0.05, 0) is 60.5 Å². The second-order valence-corrected chi connectivity index (χ2v) is 7.57. The molecule has 3 aromatic rings. The summed E-state index contributed by atoms with van der Waals surface area (Å²) in [5.74, 6) is -0.0425. The molecule has 3 N–H and O–H groups in total. The summed E-state index contributed by atoms with van der Waals surface area (Å²) < 4.78 is 25.6. The van der Waals surface area contributed by atoms with Gasteiger partial charge in [-0.2, -0.15) is 0 Å². The van der Waals surface area contributed by atoms with Gasteiger partial charge in [0.05, 0.1) is 0 Å². The molecule has 1 fully saturated rings. The number of hydrogen-bond donors (Lipinski definition) is 2. The standard InChI is InChI=1S/C24H25FN2O3/c25-21-13-17(24(26)28)7-8-23(21)30-22-6-2-4-19-18(3-1-5-20(19)22)14-27-11-9-16-10-12-29-15-16/h1-8,13,16,27H,9-12,14-15H2,(H2,26,28).